The Balaban J connectivity index is 3.25. The van der Waals surface area contributed by atoms with E-state index in [0.717, 1.165) is 25.7 Å². The van der Waals surface area contributed by atoms with Crippen LogP contribution in [0.2, 0.25) is 0 Å². The number of ether oxygens (including phenoxy) is 2. The van der Waals surface area contributed by atoms with E-state index in [4.69, 9.17) is 9.47 Å². The number of allylic oxidation sites excluding steroid dienone is 2. The largest absolute Gasteiger partial charge is 0.465 e. The van der Waals surface area contributed by atoms with Crippen LogP contribution in [0.15, 0.2) is 12.2 Å². The van der Waals surface area contributed by atoms with Gasteiger partial charge >= 0.3 is 11.9 Å². The Hall–Kier alpha value is -1.32. The highest BCUT2D eigenvalue weighted by Gasteiger charge is 2.04. The van der Waals surface area contributed by atoms with E-state index >= 15 is 0 Å². The second-order valence-electron chi connectivity index (χ2n) is 9.95. The molecule has 32 heavy (non-hydrogen) atoms. The van der Waals surface area contributed by atoms with Crippen molar-refractivity contribution < 1.29 is 19.1 Å². The number of hydrogen-bond acceptors (Lipinski definition) is 4. The highest BCUT2D eigenvalue weighted by molar-refractivity contribution is 5.69. The van der Waals surface area contributed by atoms with Gasteiger partial charge in [-0.25, -0.2) is 0 Å². The second-order valence-corrected chi connectivity index (χ2v) is 9.95. The number of rotatable bonds is 22. The molecule has 0 amide bonds. The van der Waals surface area contributed by atoms with Gasteiger partial charge in [0.05, 0.1) is 13.2 Å². The summed E-state index contributed by atoms with van der Waals surface area (Å²) in [6.45, 7) is 9.33. The van der Waals surface area contributed by atoms with Gasteiger partial charge < -0.3 is 9.47 Å². The third-order valence-electron chi connectivity index (χ3n) is 5.33. The van der Waals surface area contributed by atoms with E-state index in [-0.39, 0.29) is 11.9 Å². The molecule has 0 fully saturated rings. The molecule has 0 aliphatic rings. The van der Waals surface area contributed by atoms with E-state index < -0.39 is 0 Å². The molecule has 0 aliphatic carbocycles. The average Bonchev–Trinajstić information content (AvgIpc) is 2.75. The van der Waals surface area contributed by atoms with Crippen LogP contribution in [0.4, 0.5) is 0 Å². The van der Waals surface area contributed by atoms with E-state index in [1.807, 2.05) is 0 Å². The first-order valence-corrected chi connectivity index (χ1v) is 13.4. The molecule has 0 atom stereocenters. The number of carbonyl (C=O) groups is 2. The molecule has 0 aromatic rings. The minimum absolute atomic E-state index is 0.0389. The second kappa shape index (κ2) is 22.9. The topological polar surface area (TPSA) is 52.6 Å². The molecule has 0 bridgehead atoms. The first-order chi connectivity index (χ1) is 15.4. The molecule has 0 aromatic heterocycles. The van der Waals surface area contributed by atoms with Crippen LogP contribution in [0.5, 0.6) is 0 Å². The fraction of sp³-hybridized carbons (Fsp3) is 0.857. The van der Waals surface area contributed by atoms with Crippen LogP contribution in [-0.2, 0) is 19.1 Å². The van der Waals surface area contributed by atoms with E-state index in [1.54, 1.807) is 0 Å². The summed E-state index contributed by atoms with van der Waals surface area (Å²) in [6.07, 6.45) is 22.5. The summed E-state index contributed by atoms with van der Waals surface area (Å²) < 4.78 is 10.4. The lowest BCUT2D eigenvalue weighted by atomic mass is 10.1. The summed E-state index contributed by atoms with van der Waals surface area (Å²) in [6, 6.07) is 0. The molecule has 0 N–H and O–H groups in total. The summed E-state index contributed by atoms with van der Waals surface area (Å²) in [4.78, 5) is 23.0. The molecule has 0 saturated carbocycles. The monoisotopic (exact) mass is 452 g/mol. The molecule has 0 aromatic carbocycles. The lowest BCUT2D eigenvalue weighted by molar-refractivity contribution is -0.145. The van der Waals surface area contributed by atoms with Crippen molar-refractivity contribution in [1.82, 2.24) is 0 Å². The van der Waals surface area contributed by atoms with Crippen molar-refractivity contribution in [3.05, 3.63) is 12.2 Å². The van der Waals surface area contributed by atoms with Crippen molar-refractivity contribution in [3.63, 3.8) is 0 Å². The molecular formula is C28H52O4. The Labute approximate surface area is 198 Å². The fourth-order valence-electron chi connectivity index (χ4n) is 3.38. The molecule has 188 valence electrons. The number of carbonyl (C=O) groups excluding carboxylic acids is 2. The van der Waals surface area contributed by atoms with E-state index in [1.165, 1.54) is 64.2 Å². The summed E-state index contributed by atoms with van der Waals surface area (Å²) in [7, 11) is 0. The molecule has 0 aliphatic heterocycles. The zero-order valence-corrected chi connectivity index (χ0v) is 21.7. The third kappa shape index (κ3) is 24.9. The van der Waals surface area contributed by atoms with Crippen molar-refractivity contribution in [2.75, 3.05) is 13.2 Å². The Morgan fingerprint density at radius 3 is 1.19 bits per heavy atom. The average molecular weight is 453 g/mol. The SMILES string of the molecule is CC(C)COC(=O)CCCCCCCC/C=C/CCCCCCCCC(=O)OCC(C)C. The molecule has 0 rings (SSSR count). The van der Waals surface area contributed by atoms with E-state index in [2.05, 4.69) is 39.8 Å². The molecule has 0 spiro atoms. The van der Waals surface area contributed by atoms with Gasteiger partial charge in [0.1, 0.15) is 0 Å². The van der Waals surface area contributed by atoms with Crippen LogP contribution in [-0.4, -0.2) is 25.2 Å². The van der Waals surface area contributed by atoms with E-state index in [9.17, 15) is 9.59 Å². The maximum absolute atomic E-state index is 11.5. The van der Waals surface area contributed by atoms with Crippen LogP contribution >= 0.6 is 0 Å². The lowest BCUT2D eigenvalue weighted by Crippen LogP contribution is -2.09. The predicted octanol–water partition coefficient (Wildman–Crippen LogP) is 8.18. The number of esters is 2. The molecule has 0 radical (unpaired) electrons. The van der Waals surface area contributed by atoms with Gasteiger partial charge in [0.2, 0.25) is 0 Å². The minimum Gasteiger partial charge on any atom is -0.465 e. The number of hydrogen-bond donors (Lipinski definition) is 0. The van der Waals surface area contributed by atoms with Crippen molar-refractivity contribution in [3.8, 4) is 0 Å². The van der Waals surface area contributed by atoms with Gasteiger partial charge in [-0.15, -0.1) is 0 Å². The van der Waals surface area contributed by atoms with Crippen LogP contribution in [0.3, 0.4) is 0 Å². The van der Waals surface area contributed by atoms with Gasteiger partial charge in [0.25, 0.3) is 0 Å². The molecule has 4 heteroatoms. The predicted molar refractivity (Wildman–Crippen MR) is 135 cm³/mol. The maximum Gasteiger partial charge on any atom is 0.305 e. The highest BCUT2D eigenvalue weighted by atomic mass is 16.5. The normalized spacial score (nSPS) is 11.6. The van der Waals surface area contributed by atoms with Gasteiger partial charge in [-0.1, -0.05) is 91.2 Å². The molecule has 4 nitrogen and oxygen atoms in total. The van der Waals surface area contributed by atoms with Crippen LogP contribution in [0.25, 0.3) is 0 Å². The molecular weight excluding hydrogens is 400 g/mol. The van der Waals surface area contributed by atoms with Crippen LogP contribution < -0.4 is 0 Å². The lowest BCUT2D eigenvalue weighted by Gasteiger charge is -2.06. The molecule has 0 saturated heterocycles. The smallest absolute Gasteiger partial charge is 0.305 e. The van der Waals surface area contributed by atoms with Gasteiger partial charge in [0.15, 0.2) is 0 Å². The Morgan fingerprint density at radius 1 is 0.531 bits per heavy atom. The van der Waals surface area contributed by atoms with Gasteiger partial charge in [-0.2, -0.15) is 0 Å². The van der Waals surface area contributed by atoms with Gasteiger partial charge in [-0.05, 0) is 50.4 Å². The molecule has 0 heterocycles. The van der Waals surface area contributed by atoms with Crippen LogP contribution in [0.1, 0.15) is 130 Å². The van der Waals surface area contributed by atoms with Gasteiger partial charge in [-0.3, -0.25) is 9.59 Å². The summed E-state index contributed by atoms with van der Waals surface area (Å²) in [5, 5.41) is 0. The van der Waals surface area contributed by atoms with Crippen LogP contribution in [0, 0.1) is 11.8 Å². The highest BCUT2D eigenvalue weighted by Crippen LogP contribution is 2.12. The number of unbranched alkanes of at least 4 members (excludes halogenated alkanes) is 12. The van der Waals surface area contributed by atoms with Crippen molar-refractivity contribution in [1.29, 1.82) is 0 Å². The summed E-state index contributed by atoms with van der Waals surface area (Å²) >= 11 is 0. The summed E-state index contributed by atoms with van der Waals surface area (Å²) in [5.74, 6) is 0.760. The zero-order valence-electron chi connectivity index (χ0n) is 21.7. The van der Waals surface area contributed by atoms with Crippen molar-refractivity contribution in [2.24, 2.45) is 11.8 Å². The first-order valence-electron chi connectivity index (χ1n) is 13.4. The Bertz CT molecular complexity index is 426. The van der Waals surface area contributed by atoms with Gasteiger partial charge in [0, 0.05) is 12.8 Å². The maximum atomic E-state index is 11.5. The third-order valence-corrected chi connectivity index (χ3v) is 5.33. The van der Waals surface area contributed by atoms with E-state index in [0.29, 0.717) is 37.9 Å². The Kier molecular flexibility index (Phi) is 21.9. The summed E-state index contributed by atoms with van der Waals surface area (Å²) in [5.41, 5.74) is 0. The minimum atomic E-state index is -0.0389. The quantitative estimate of drug-likeness (QED) is 0.0943. The molecule has 0 unspecified atom stereocenters. The van der Waals surface area contributed by atoms with Crippen molar-refractivity contribution >= 4 is 11.9 Å². The first kappa shape index (κ1) is 30.7. The van der Waals surface area contributed by atoms with Crippen molar-refractivity contribution in [2.45, 2.75) is 130 Å². The fourth-order valence-corrected chi connectivity index (χ4v) is 3.38. The zero-order chi connectivity index (χ0) is 23.9. The standard InChI is InChI=1S/C28H52O4/c1-25(2)23-31-27(29)21-19-17-15-13-11-9-7-5-6-8-10-12-14-16-18-20-22-28(30)32-24-26(3)4/h5-6,25-26H,7-24H2,1-4H3/b6-5+. The Morgan fingerprint density at radius 2 is 0.844 bits per heavy atom.